The lowest BCUT2D eigenvalue weighted by Crippen LogP contribution is -2.25. The zero-order chi connectivity index (χ0) is 12.5. The summed E-state index contributed by atoms with van der Waals surface area (Å²) in [5.41, 5.74) is 1.13. The molecule has 96 valence electrons. The SMILES string of the molecule is CCCNC(CC(CC)CC)c1ccncn1. The summed E-state index contributed by atoms with van der Waals surface area (Å²) in [6, 6.07) is 2.40. The van der Waals surface area contributed by atoms with Crippen LogP contribution in [-0.4, -0.2) is 16.5 Å². The van der Waals surface area contributed by atoms with Gasteiger partial charge >= 0.3 is 0 Å². The maximum atomic E-state index is 4.38. The Balaban J connectivity index is 2.66. The van der Waals surface area contributed by atoms with Gasteiger partial charge in [0.25, 0.3) is 0 Å². The average molecular weight is 235 g/mol. The summed E-state index contributed by atoms with van der Waals surface area (Å²) in [6.07, 6.45) is 8.28. The largest absolute Gasteiger partial charge is 0.309 e. The second-order valence-electron chi connectivity index (χ2n) is 4.56. The van der Waals surface area contributed by atoms with Gasteiger partial charge in [0.15, 0.2) is 0 Å². The molecular weight excluding hydrogens is 210 g/mol. The van der Waals surface area contributed by atoms with Gasteiger partial charge in [0.2, 0.25) is 0 Å². The van der Waals surface area contributed by atoms with Crippen LogP contribution in [0.4, 0.5) is 0 Å². The van der Waals surface area contributed by atoms with Crippen LogP contribution in [0, 0.1) is 5.92 Å². The molecule has 0 saturated heterocycles. The molecule has 3 nitrogen and oxygen atoms in total. The van der Waals surface area contributed by atoms with E-state index < -0.39 is 0 Å². The van der Waals surface area contributed by atoms with E-state index in [0.717, 1.165) is 24.6 Å². The van der Waals surface area contributed by atoms with Gasteiger partial charge < -0.3 is 5.32 Å². The second-order valence-corrected chi connectivity index (χ2v) is 4.56. The molecule has 0 bridgehead atoms. The lowest BCUT2D eigenvalue weighted by Gasteiger charge is -2.22. The molecule has 3 heteroatoms. The molecule has 1 heterocycles. The van der Waals surface area contributed by atoms with Crippen molar-refractivity contribution in [1.29, 1.82) is 0 Å². The predicted octanol–water partition coefficient (Wildman–Crippen LogP) is 3.34. The van der Waals surface area contributed by atoms with E-state index in [-0.39, 0.29) is 0 Å². The van der Waals surface area contributed by atoms with E-state index in [4.69, 9.17) is 0 Å². The van der Waals surface area contributed by atoms with Crippen LogP contribution in [-0.2, 0) is 0 Å². The molecule has 1 aromatic rings. The third-order valence-corrected chi connectivity index (χ3v) is 3.33. The fourth-order valence-electron chi connectivity index (χ4n) is 2.09. The first-order valence-electron chi connectivity index (χ1n) is 6.81. The molecule has 1 N–H and O–H groups in total. The van der Waals surface area contributed by atoms with Crippen molar-refractivity contribution in [2.24, 2.45) is 5.92 Å². The standard InChI is InChI=1S/C14H25N3/c1-4-8-16-14(10-12(5-2)6-3)13-7-9-15-11-17-13/h7,9,11-12,14,16H,4-6,8,10H2,1-3H3. The van der Waals surface area contributed by atoms with E-state index >= 15 is 0 Å². The Labute approximate surface area is 105 Å². The minimum atomic E-state index is 0.378. The third kappa shape index (κ3) is 4.82. The highest BCUT2D eigenvalue weighted by Gasteiger charge is 2.16. The summed E-state index contributed by atoms with van der Waals surface area (Å²) in [5, 5.41) is 3.59. The zero-order valence-electron chi connectivity index (χ0n) is 11.3. The quantitative estimate of drug-likeness (QED) is 0.751. The van der Waals surface area contributed by atoms with Crippen LogP contribution >= 0.6 is 0 Å². The summed E-state index contributed by atoms with van der Waals surface area (Å²) < 4.78 is 0. The van der Waals surface area contributed by atoms with Crippen LogP contribution in [0.25, 0.3) is 0 Å². The van der Waals surface area contributed by atoms with Gasteiger partial charge in [-0.2, -0.15) is 0 Å². The fraction of sp³-hybridized carbons (Fsp3) is 0.714. The molecule has 1 aromatic heterocycles. The van der Waals surface area contributed by atoms with Gasteiger partial charge in [0.05, 0.1) is 5.69 Å². The Morgan fingerprint density at radius 3 is 2.53 bits per heavy atom. The first-order valence-corrected chi connectivity index (χ1v) is 6.81. The van der Waals surface area contributed by atoms with E-state index in [1.165, 1.54) is 19.3 Å². The minimum Gasteiger partial charge on any atom is -0.309 e. The summed E-state index contributed by atoms with van der Waals surface area (Å²) in [6.45, 7) is 7.78. The Hall–Kier alpha value is -0.960. The number of rotatable bonds is 8. The summed E-state index contributed by atoms with van der Waals surface area (Å²) in [4.78, 5) is 8.37. The van der Waals surface area contributed by atoms with Gasteiger partial charge in [0.1, 0.15) is 6.33 Å². The number of nitrogens with zero attached hydrogens (tertiary/aromatic N) is 2. The second kappa shape index (κ2) is 8.18. The molecule has 0 amide bonds. The summed E-state index contributed by atoms with van der Waals surface area (Å²) in [7, 11) is 0. The molecule has 17 heavy (non-hydrogen) atoms. The highest BCUT2D eigenvalue weighted by molar-refractivity contribution is 5.04. The van der Waals surface area contributed by atoms with E-state index in [1.54, 1.807) is 6.33 Å². The lowest BCUT2D eigenvalue weighted by atomic mass is 9.93. The van der Waals surface area contributed by atoms with Gasteiger partial charge in [-0.25, -0.2) is 9.97 Å². The first-order chi connectivity index (χ1) is 8.31. The number of hydrogen-bond donors (Lipinski definition) is 1. The first kappa shape index (κ1) is 14.1. The van der Waals surface area contributed by atoms with Crippen LogP contribution in [0.1, 0.15) is 58.2 Å². The molecular formula is C14H25N3. The van der Waals surface area contributed by atoms with Gasteiger partial charge in [0, 0.05) is 12.2 Å². The van der Waals surface area contributed by atoms with Gasteiger partial charge in [-0.1, -0.05) is 33.6 Å². The van der Waals surface area contributed by atoms with Crippen molar-refractivity contribution in [1.82, 2.24) is 15.3 Å². The smallest absolute Gasteiger partial charge is 0.115 e. The Morgan fingerprint density at radius 1 is 1.24 bits per heavy atom. The van der Waals surface area contributed by atoms with Crippen LogP contribution in [0.3, 0.4) is 0 Å². The van der Waals surface area contributed by atoms with Crippen molar-refractivity contribution in [3.63, 3.8) is 0 Å². The zero-order valence-corrected chi connectivity index (χ0v) is 11.3. The van der Waals surface area contributed by atoms with Crippen LogP contribution in [0.2, 0.25) is 0 Å². The maximum absolute atomic E-state index is 4.38. The third-order valence-electron chi connectivity index (χ3n) is 3.33. The topological polar surface area (TPSA) is 37.8 Å². The van der Waals surface area contributed by atoms with Crippen molar-refractivity contribution < 1.29 is 0 Å². The average Bonchev–Trinajstić information content (AvgIpc) is 2.40. The van der Waals surface area contributed by atoms with Crippen LogP contribution < -0.4 is 5.32 Å². The maximum Gasteiger partial charge on any atom is 0.115 e. The van der Waals surface area contributed by atoms with E-state index in [9.17, 15) is 0 Å². The number of nitrogens with one attached hydrogen (secondary N) is 1. The molecule has 0 aliphatic rings. The van der Waals surface area contributed by atoms with Crippen molar-refractivity contribution in [3.05, 3.63) is 24.3 Å². The monoisotopic (exact) mass is 235 g/mol. The molecule has 0 radical (unpaired) electrons. The van der Waals surface area contributed by atoms with Gasteiger partial charge in [-0.05, 0) is 31.4 Å². The van der Waals surface area contributed by atoms with Crippen LogP contribution in [0.15, 0.2) is 18.6 Å². The lowest BCUT2D eigenvalue weighted by molar-refractivity contribution is 0.366. The molecule has 0 aromatic carbocycles. The molecule has 0 fully saturated rings. The van der Waals surface area contributed by atoms with Crippen molar-refractivity contribution in [3.8, 4) is 0 Å². The Morgan fingerprint density at radius 2 is 2.00 bits per heavy atom. The number of hydrogen-bond acceptors (Lipinski definition) is 3. The van der Waals surface area contributed by atoms with E-state index in [0.29, 0.717) is 6.04 Å². The molecule has 1 atom stereocenters. The van der Waals surface area contributed by atoms with Crippen molar-refractivity contribution in [2.75, 3.05) is 6.54 Å². The summed E-state index contributed by atoms with van der Waals surface area (Å²) >= 11 is 0. The predicted molar refractivity (Wildman–Crippen MR) is 71.8 cm³/mol. The van der Waals surface area contributed by atoms with Gasteiger partial charge in [-0.15, -0.1) is 0 Å². The highest BCUT2D eigenvalue weighted by Crippen LogP contribution is 2.23. The van der Waals surface area contributed by atoms with Gasteiger partial charge in [-0.3, -0.25) is 0 Å². The van der Waals surface area contributed by atoms with Crippen molar-refractivity contribution in [2.45, 2.75) is 52.5 Å². The fourth-order valence-corrected chi connectivity index (χ4v) is 2.09. The summed E-state index contributed by atoms with van der Waals surface area (Å²) in [5.74, 6) is 0.777. The van der Waals surface area contributed by atoms with Crippen molar-refractivity contribution >= 4 is 0 Å². The molecule has 0 aliphatic carbocycles. The Kier molecular flexibility index (Phi) is 6.78. The molecule has 1 rings (SSSR count). The molecule has 0 aliphatic heterocycles. The molecule has 0 spiro atoms. The molecule has 0 saturated carbocycles. The number of aromatic nitrogens is 2. The Bertz CT molecular complexity index is 283. The minimum absolute atomic E-state index is 0.378. The van der Waals surface area contributed by atoms with E-state index in [1.807, 2.05) is 12.3 Å². The van der Waals surface area contributed by atoms with E-state index in [2.05, 4.69) is 36.1 Å². The highest BCUT2D eigenvalue weighted by atomic mass is 14.9. The normalized spacial score (nSPS) is 12.9. The molecule has 1 unspecified atom stereocenters. The van der Waals surface area contributed by atoms with Crippen LogP contribution in [0.5, 0.6) is 0 Å².